The van der Waals surface area contributed by atoms with E-state index in [-0.39, 0.29) is 6.61 Å². The van der Waals surface area contributed by atoms with Crippen LogP contribution in [0, 0.1) is 0 Å². The van der Waals surface area contributed by atoms with Crippen LogP contribution in [0.2, 0.25) is 0 Å². The highest BCUT2D eigenvalue weighted by atomic mass is 16.5. The lowest BCUT2D eigenvalue weighted by Crippen LogP contribution is -2.06. The second kappa shape index (κ2) is 5.41. The number of carbonyl (C=O) groups is 1. The van der Waals surface area contributed by atoms with Crippen molar-refractivity contribution in [1.29, 1.82) is 0 Å². The average molecular weight is 333 g/mol. The monoisotopic (exact) mass is 333 g/mol. The standard InChI is InChI=1S/C18H15N5O2/c24-18(25-10-11-4-7-13-14(9-11)21-22-20-13)16-15-3-1-2-8-23(15)17(19-16)12-5-6-12/h1-4,7-9,12H,5-6,10H2,(H,20,21,22). The first kappa shape index (κ1) is 14.2. The van der Waals surface area contributed by atoms with E-state index in [1.165, 1.54) is 0 Å². The Balaban J connectivity index is 1.41. The van der Waals surface area contributed by atoms with E-state index in [0.717, 1.165) is 40.8 Å². The number of hydrogen-bond donors (Lipinski definition) is 1. The van der Waals surface area contributed by atoms with Gasteiger partial charge in [0.25, 0.3) is 0 Å². The third-order valence-corrected chi connectivity index (χ3v) is 4.46. The largest absolute Gasteiger partial charge is 0.456 e. The molecular weight excluding hydrogens is 318 g/mol. The van der Waals surface area contributed by atoms with Gasteiger partial charge in [0.15, 0.2) is 5.69 Å². The highest BCUT2D eigenvalue weighted by molar-refractivity contribution is 5.95. The number of carbonyl (C=O) groups excluding carboxylic acids is 1. The predicted molar refractivity (Wildman–Crippen MR) is 90.2 cm³/mol. The Kier molecular flexibility index (Phi) is 3.06. The lowest BCUT2D eigenvalue weighted by molar-refractivity contribution is 0.0468. The molecule has 3 heterocycles. The molecule has 1 fully saturated rings. The van der Waals surface area contributed by atoms with Crippen molar-refractivity contribution >= 4 is 22.5 Å². The van der Waals surface area contributed by atoms with Gasteiger partial charge >= 0.3 is 5.97 Å². The van der Waals surface area contributed by atoms with Crippen molar-refractivity contribution in [2.24, 2.45) is 0 Å². The molecule has 1 N–H and O–H groups in total. The van der Waals surface area contributed by atoms with Crippen LogP contribution >= 0.6 is 0 Å². The molecule has 0 bridgehead atoms. The summed E-state index contributed by atoms with van der Waals surface area (Å²) in [5.41, 5.74) is 3.56. The quantitative estimate of drug-likeness (QED) is 0.580. The molecule has 1 saturated carbocycles. The lowest BCUT2D eigenvalue weighted by atomic mass is 10.2. The Morgan fingerprint density at radius 2 is 2.08 bits per heavy atom. The highest BCUT2D eigenvalue weighted by Gasteiger charge is 2.30. The number of aromatic amines is 1. The summed E-state index contributed by atoms with van der Waals surface area (Å²) in [6.45, 7) is 0.173. The van der Waals surface area contributed by atoms with Crippen molar-refractivity contribution in [3.63, 3.8) is 0 Å². The smallest absolute Gasteiger partial charge is 0.359 e. The van der Waals surface area contributed by atoms with Gasteiger partial charge in [0, 0.05) is 12.1 Å². The summed E-state index contributed by atoms with van der Waals surface area (Å²) < 4.78 is 7.48. The topological polar surface area (TPSA) is 85.2 Å². The number of ether oxygens (including phenoxy) is 1. The van der Waals surface area contributed by atoms with Gasteiger partial charge in [-0.2, -0.15) is 15.4 Å². The maximum absolute atomic E-state index is 12.6. The molecule has 0 unspecified atom stereocenters. The molecular formula is C18H15N5O2. The fourth-order valence-electron chi connectivity index (χ4n) is 3.03. The summed E-state index contributed by atoms with van der Waals surface area (Å²) in [5, 5.41) is 10.6. The van der Waals surface area contributed by atoms with Crippen LogP contribution in [0.5, 0.6) is 0 Å². The molecule has 0 spiro atoms. The van der Waals surface area contributed by atoms with Crippen molar-refractivity contribution in [2.75, 3.05) is 0 Å². The van der Waals surface area contributed by atoms with Gasteiger partial charge in [-0.3, -0.25) is 0 Å². The van der Waals surface area contributed by atoms with E-state index in [1.54, 1.807) is 0 Å². The van der Waals surface area contributed by atoms with Gasteiger partial charge in [-0.15, -0.1) is 0 Å². The average Bonchev–Trinajstić information content (AvgIpc) is 3.25. The summed E-state index contributed by atoms with van der Waals surface area (Å²) in [7, 11) is 0. The van der Waals surface area contributed by atoms with Crippen LogP contribution in [0.25, 0.3) is 16.6 Å². The van der Waals surface area contributed by atoms with Gasteiger partial charge < -0.3 is 9.14 Å². The minimum absolute atomic E-state index is 0.173. The summed E-state index contributed by atoms with van der Waals surface area (Å²) >= 11 is 0. The minimum atomic E-state index is -0.407. The van der Waals surface area contributed by atoms with Crippen LogP contribution in [-0.4, -0.2) is 30.8 Å². The van der Waals surface area contributed by atoms with E-state index in [4.69, 9.17) is 4.74 Å². The van der Waals surface area contributed by atoms with E-state index in [9.17, 15) is 4.79 Å². The maximum atomic E-state index is 12.6. The van der Waals surface area contributed by atoms with Gasteiger partial charge in [0.2, 0.25) is 0 Å². The number of rotatable bonds is 4. The van der Waals surface area contributed by atoms with Crippen LogP contribution in [-0.2, 0) is 11.3 Å². The van der Waals surface area contributed by atoms with Crippen LogP contribution in [0.1, 0.15) is 40.6 Å². The first-order valence-corrected chi connectivity index (χ1v) is 8.23. The van der Waals surface area contributed by atoms with Crippen molar-refractivity contribution < 1.29 is 9.53 Å². The van der Waals surface area contributed by atoms with Gasteiger partial charge in [0.05, 0.1) is 5.52 Å². The number of aromatic nitrogens is 5. The molecule has 1 aromatic carbocycles. The number of imidazole rings is 1. The van der Waals surface area contributed by atoms with Crippen LogP contribution in [0.3, 0.4) is 0 Å². The Labute approximate surface area is 142 Å². The minimum Gasteiger partial charge on any atom is -0.456 e. The van der Waals surface area contributed by atoms with E-state index in [0.29, 0.717) is 11.6 Å². The Hall–Kier alpha value is -3.22. The zero-order valence-corrected chi connectivity index (χ0v) is 13.3. The summed E-state index contributed by atoms with van der Waals surface area (Å²) in [6, 6.07) is 11.3. The van der Waals surface area contributed by atoms with Gasteiger partial charge in [0.1, 0.15) is 23.5 Å². The molecule has 4 aromatic rings. The first-order valence-electron chi connectivity index (χ1n) is 8.23. The number of esters is 1. The molecule has 0 aliphatic heterocycles. The van der Waals surface area contributed by atoms with Crippen LogP contribution in [0.15, 0.2) is 42.6 Å². The second-order valence-corrected chi connectivity index (χ2v) is 6.27. The highest BCUT2D eigenvalue weighted by Crippen LogP contribution is 2.40. The van der Waals surface area contributed by atoms with E-state index in [2.05, 4.69) is 20.4 Å². The van der Waals surface area contributed by atoms with Gasteiger partial charge in [-0.1, -0.05) is 12.1 Å². The second-order valence-electron chi connectivity index (χ2n) is 6.27. The zero-order valence-electron chi connectivity index (χ0n) is 13.3. The number of hydrogen-bond acceptors (Lipinski definition) is 5. The zero-order chi connectivity index (χ0) is 16.8. The van der Waals surface area contributed by atoms with Crippen molar-refractivity contribution in [3.8, 4) is 0 Å². The Morgan fingerprint density at radius 3 is 2.96 bits per heavy atom. The predicted octanol–water partition coefficient (Wildman–Crippen LogP) is 2.84. The Bertz CT molecular complexity index is 1090. The normalized spacial score (nSPS) is 14.2. The lowest BCUT2D eigenvalue weighted by Gasteiger charge is -2.03. The molecule has 0 amide bonds. The Morgan fingerprint density at radius 1 is 1.20 bits per heavy atom. The van der Waals surface area contributed by atoms with Gasteiger partial charge in [-0.05, 0) is 42.7 Å². The van der Waals surface area contributed by atoms with E-state index >= 15 is 0 Å². The number of H-pyrrole nitrogens is 1. The maximum Gasteiger partial charge on any atom is 0.359 e. The van der Waals surface area contributed by atoms with E-state index < -0.39 is 5.97 Å². The fourth-order valence-corrected chi connectivity index (χ4v) is 3.03. The fraction of sp³-hybridized carbons (Fsp3) is 0.222. The SMILES string of the molecule is O=C(OCc1ccc2n[nH]nc2c1)c1nc(C2CC2)n2ccccc12. The third-order valence-electron chi connectivity index (χ3n) is 4.46. The number of nitrogens with zero attached hydrogens (tertiary/aromatic N) is 4. The van der Waals surface area contributed by atoms with Crippen LogP contribution in [0.4, 0.5) is 0 Å². The first-order chi connectivity index (χ1) is 12.3. The summed E-state index contributed by atoms with van der Waals surface area (Å²) in [4.78, 5) is 17.1. The number of nitrogens with one attached hydrogen (secondary N) is 1. The molecule has 25 heavy (non-hydrogen) atoms. The number of benzene rings is 1. The third kappa shape index (κ3) is 2.44. The van der Waals surface area contributed by atoms with Crippen molar-refractivity contribution in [1.82, 2.24) is 24.8 Å². The molecule has 0 saturated heterocycles. The summed E-state index contributed by atoms with van der Waals surface area (Å²) in [5.74, 6) is 0.994. The molecule has 3 aromatic heterocycles. The molecule has 1 aliphatic rings. The molecule has 124 valence electrons. The molecule has 5 rings (SSSR count). The molecule has 0 atom stereocenters. The number of fused-ring (bicyclic) bond motifs is 2. The van der Waals surface area contributed by atoms with E-state index in [1.807, 2.05) is 47.0 Å². The molecule has 1 aliphatic carbocycles. The molecule has 7 nitrogen and oxygen atoms in total. The van der Waals surface area contributed by atoms with Crippen molar-refractivity contribution in [3.05, 3.63) is 59.7 Å². The van der Waals surface area contributed by atoms with Gasteiger partial charge in [-0.25, -0.2) is 9.78 Å². The number of pyridine rings is 1. The molecule has 7 heteroatoms. The molecule has 0 radical (unpaired) electrons. The summed E-state index contributed by atoms with van der Waals surface area (Å²) in [6.07, 6.45) is 4.20. The van der Waals surface area contributed by atoms with Crippen molar-refractivity contribution in [2.45, 2.75) is 25.4 Å². The van der Waals surface area contributed by atoms with Crippen LogP contribution < -0.4 is 0 Å².